The lowest BCUT2D eigenvalue weighted by Gasteiger charge is -2.44. The van der Waals surface area contributed by atoms with Crippen molar-refractivity contribution in [2.75, 3.05) is 11.5 Å². The van der Waals surface area contributed by atoms with Gasteiger partial charge in [-0.05, 0) is 61.5 Å². The zero-order valence-electron chi connectivity index (χ0n) is 15.0. The Hall–Kier alpha value is -0.930. The van der Waals surface area contributed by atoms with Crippen molar-refractivity contribution in [3.05, 3.63) is 47.5 Å². The predicted octanol–water partition coefficient (Wildman–Crippen LogP) is 5.73. The molecule has 1 amide bonds. The number of hydrogen-bond donors (Lipinski definition) is 0. The fraction of sp³-hybridized carbons (Fsp3) is 0.571. The summed E-state index contributed by atoms with van der Waals surface area (Å²) in [6.45, 7) is 6.05. The van der Waals surface area contributed by atoms with Crippen LogP contribution in [0.25, 0.3) is 0 Å². The molecule has 2 nitrogen and oxygen atoms in total. The predicted molar refractivity (Wildman–Crippen MR) is 108 cm³/mol. The number of nitrogens with zero attached hydrogens (tertiary/aromatic N) is 1. The molecule has 0 N–H and O–H groups in total. The van der Waals surface area contributed by atoms with Crippen LogP contribution < -0.4 is 0 Å². The Bertz CT molecular complexity index is 598. The standard InChI is InChI=1S/C21H28ClNOS/c1-3-5-17-10-13-19(15-8-11-18(22)12-9-15)23(21(17)24)20(14-25-4-2)16-6-7-16/h3,8-9,11-12,16-17,19-20H,1,4-7,10,13-14H2,2H3. The van der Waals surface area contributed by atoms with Crippen LogP contribution in [0.15, 0.2) is 36.9 Å². The normalized spacial score (nSPS) is 25.0. The molecule has 0 radical (unpaired) electrons. The Morgan fingerprint density at radius 3 is 2.60 bits per heavy atom. The molecule has 1 saturated carbocycles. The van der Waals surface area contributed by atoms with Gasteiger partial charge in [-0.2, -0.15) is 11.8 Å². The second-order valence-corrected chi connectivity index (χ2v) is 8.93. The molecule has 2 aliphatic rings. The fourth-order valence-electron chi connectivity index (χ4n) is 3.98. The minimum Gasteiger partial charge on any atom is -0.331 e. The topological polar surface area (TPSA) is 20.3 Å². The maximum atomic E-state index is 13.3. The molecule has 136 valence electrons. The van der Waals surface area contributed by atoms with E-state index in [2.05, 4.69) is 30.5 Å². The fourth-order valence-corrected chi connectivity index (χ4v) is 5.01. The number of carbonyl (C=O) groups is 1. The summed E-state index contributed by atoms with van der Waals surface area (Å²) >= 11 is 8.04. The minimum atomic E-state index is 0.105. The van der Waals surface area contributed by atoms with Gasteiger partial charge in [-0.15, -0.1) is 6.58 Å². The van der Waals surface area contributed by atoms with Gasteiger partial charge in [0.05, 0.1) is 6.04 Å². The molecule has 3 rings (SSSR count). The summed E-state index contributed by atoms with van der Waals surface area (Å²) in [6, 6.07) is 8.64. The minimum absolute atomic E-state index is 0.105. The van der Waals surface area contributed by atoms with Crippen molar-refractivity contribution in [3.63, 3.8) is 0 Å². The smallest absolute Gasteiger partial charge is 0.226 e. The van der Waals surface area contributed by atoms with Crippen molar-refractivity contribution in [3.8, 4) is 0 Å². The highest BCUT2D eigenvalue weighted by Crippen LogP contribution is 2.44. The Kier molecular flexibility index (Phi) is 6.51. The van der Waals surface area contributed by atoms with E-state index in [1.165, 1.54) is 18.4 Å². The van der Waals surface area contributed by atoms with E-state index in [1.807, 2.05) is 30.0 Å². The molecule has 1 heterocycles. The number of thioether (sulfide) groups is 1. The number of rotatable bonds is 8. The number of hydrogen-bond acceptors (Lipinski definition) is 2. The molecular weight excluding hydrogens is 350 g/mol. The van der Waals surface area contributed by atoms with Crippen molar-refractivity contribution in [2.45, 2.75) is 51.1 Å². The summed E-state index contributed by atoms with van der Waals surface area (Å²) in [5.74, 6) is 3.28. The first kappa shape index (κ1) is 18.8. The number of likely N-dealkylation sites (tertiary alicyclic amines) is 1. The molecule has 4 heteroatoms. The molecule has 25 heavy (non-hydrogen) atoms. The van der Waals surface area contributed by atoms with Gasteiger partial charge in [-0.3, -0.25) is 4.79 Å². The van der Waals surface area contributed by atoms with E-state index in [9.17, 15) is 4.79 Å². The third-order valence-electron chi connectivity index (χ3n) is 5.45. The van der Waals surface area contributed by atoms with Gasteiger partial charge in [0, 0.05) is 22.7 Å². The third kappa shape index (κ3) is 4.43. The van der Waals surface area contributed by atoms with Crippen LogP contribution in [0.2, 0.25) is 5.02 Å². The van der Waals surface area contributed by atoms with E-state index in [1.54, 1.807) is 0 Å². The van der Waals surface area contributed by atoms with Gasteiger partial charge in [0.1, 0.15) is 0 Å². The number of carbonyl (C=O) groups excluding carboxylic acids is 1. The quantitative estimate of drug-likeness (QED) is 0.539. The third-order valence-corrected chi connectivity index (χ3v) is 6.69. The molecule has 3 atom stereocenters. The summed E-state index contributed by atoms with van der Waals surface area (Å²) in [5.41, 5.74) is 1.22. The van der Waals surface area contributed by atoms with Crippen LogP contribution in [0.4, 0.5) is 0 Å². The van der Waals surface area contributed by atoms with Crippen LogP contribution in [0.5, 0.6) is 0 Å². The lowest BCUT2D eigenvalue weighted by Crippen LogP contribution is -2.50. The SMILES string of the molecule is C=CCC1CCC(c2ccc(Cl)cc2)N(C(CSCC)C2CC2)C1=O. The van der Waals surface area contributed by atoms with Crippen molar-refractivity contribution >= 4 is 29.3 Å². The van der Waals surface area contributed by atoms with Gasteiger partial charge in [0.2, 0.25) is 5.91 Å². The zero-order chi connectivity index (χ0) is 17.8. The highest BCUT2D eigenvalue weighted by Gasteiger charge is 2.44. The van der Waals surface area contributed by atoms with Crippen LogP contribution in [0.3, 0.4) is 0 Å². The number of benzene rings is 1. The molecule has 1 aromatic carbocycles. The Labute approximate surface area is 161 Å². The molecule has 2 fully saturated rings. The van der Waals surface area contributed by atoms with E-state index in [0.717, 1.165) is 35.8 Å². The Morgan fingerprint density at radius 2 is 2.00 bits per heavy atom. The first-order chi connectivity index (χ1) is 12.2. The second-order valence-electron chi connectivity index (χ2n) is 7.18. The summed E-state index contributed by atoms with van der Waals surface area (Å²) in [4.78, 5) is 15.6. The maximum absolute atomic E-state index is 13.3. The van der Waals surface area contributed by atoms with Crippen molar-refractivity contribution < 1.29 is 4.79 Å². The summed E-state index contributed by atoms with van der Waals surface area (Å²) in [5, 5.41) is 0.752. The average molecular weight is 378 g/mol. The van der Waals surface area contributed by atoms with Gasteiger partial charge in [0.25, 0.3) is 0 Å². The van der Waals surface area contributed by atoms with E-state index in [-0.39, 0.29) is 12.0 Å². The molecule has 1 saturated heterocycles. The molecule has 1 aromatic rings. The lowest BCUT2D eigenvalue weighted by molar-refractivity contribution is -0.145. The number of amides is 1. The van der Waals surface area contributed by atoms with Crippen LogP contribution in [-0.4, -0.2) is 28.4 Å². The van der Waals surface area contributed by atoms with E-state index in [4.69, 9.17) is 11.6 Å². The first-order valence-corrected chi connectivity index (χ1v) is 10.9. The van der Waals surface area contributed by atoms with Crippen molar-refractivity contribution in [2.24, 2.45) is 11.8 Å². The van der Waals surface area contributed by atoms with Gasteiger partial charge in [0.15, 0.2) is 0 Å². The van der Waals surface area contributed by atoms with Gasteiger partial charge >= 0.3 is 0 Å². The van der Waals surface area contributed by atoms with E-state index in [0.29, 0.717) is 17.9 Å². The van der Waals surface area contributed by atoms with Crippen molar-refractivity contribution in [1.29, 1.82) is 0 Å². The average Bonchev–Trinajstić information content (AvgIpc) is 3.44. The largest absolute Gasteiger partial charge is 0.331 e. The summed E-state index contributed by atoms with van der Waals surface area (Å²) in [6.07, 6.45) is 7.20. The van der Waals surface area contributed by atoms with Gasteiger partial charge in [-0.1, -0.05) is 36.7 Å². The number of halogens is 1. The maximum Gasteiger partial charge on any atom is 0.226 e. The summed E-state index contributed by atoms with van der Waals surface area (Å²) < 4.78 is 0. The lowest BCUT2D eigenvalue weighted by atomic mass is 9.85. The van der Waals surface area contributed by atoms with Gasteiger partial charge < -0.3 is 4.90 Å². The highest BCUT2D eigenvalue weighted by atomic mass is 35.5. The molecule has 0 aromatic heterocycles. The molecule has 0 bridgehead atoms. The van der Waals surface area contributed by atoms with Crippen LogP contribution in [0.1, 0.15) is 50.6 Å². The number of piperidine rings is 1. The van der Waals surface area contributed by atoms with Crippen molar-refractivity contribution in [1.82, 2.24) is 4.90 Å². The molecule has 0 spiro atoms. The van der Waals surface area contributed by atoms with Gasteiger partial charge in [-0.25, -0.2) is 0 Å². The molecular formula is C21H28ClNOS. The Balaban J connectivity index is 1.89. The van der Waals surface area contributed by atoms with E-state index >= 15 is 0 Å². The Morgan fingerprint density at radius 1 is 1.28 bits per heavy atom. The summed E-state index contributed by atoms with van der Waals surface area (Å²) in [7, 11) is 0. The molecule has 1 aliphatic carbocycles. The molecule has 3 unspecified atom stereocenters. The van der Waals surface area contributed by atoms with E-state index < -0.39 is 0 Å². The monoisotopic (exact) mass is 377 g/mol. The van der Waals surface area contributed by atoms with Crippen LogP contribution in [-0.2, 0) is 4.79 Å². The highest BCUT2D eigenvalue weighted by molar-refractivity contribution is 7.99. The molecule has 1 aliphatic heterocycles. The second kappa shape index (κ2) is 8.64. The van der Waals surface area contributed by atoms with Crippen LogP contribution in [0, 0.1) is 11.8 Å². The first-order valence-electron chi connectivity index (χ1n) is 9.42. The number of allylic oxidation sites excluding steroid dienone is 1. The zero-order valence-corrected chi connectivity index (χ0v) is 16.6. The van der Waals surface area contributed by atoms with Crippen LogP contribution >= 0.6 is 23.4 Å².